The summed E-state index contributed by atoms with van der Waals surface area (Å²) in [6.45, 7) is 6.67. The fourth-order valence-corrected chi connectivity index (χ4v) is 3.51. The maximum atomic E-state index is 4.65. The molecule has 0 spiro atoms. The molecule has 1 fully saturated rings. The normalized spacial score (nSPS) is 17.2. The summed E-state index contributed by atoms with van der Waals surface area (Å²) < 4.78 is 0. The minimum Gasteiger partial charge on any atom is -0.310 e. The van der Waals surface area contributed by atoms with Crippen LogP contribution in [0.1, 0.15) is 25.5 Å². The number of rotatable bonds is 6. The monoisotopic (exact) mass is 302 g/mol. The first kappa shape index (κ1) is 14.6. The SMILES string of the molecule is CC(CNCc1csc(-c2ccccn2)n1)N1CCCC1. The molecule has 21 heavy (non-hydrogen) atoms. The van der Waals surface area contributed by atoms with Crippen LogP contribution in [-0.4, -0.2) is 40.5 Å². The Kier molecular flexibility index (Phi) is 4.95. The number of hydrogen-bond acceptors (Lipinski definition) is 5. The van der Waals surface area contributed by atoms with Gasteiger partial charge in [0.05, 0.1) is 11.4 Å². The maximum Gasteiger partial charge on any atom is 0.142 e. The molecule has 1 aliphatic heterocycles. The topological polar surface area (TPSA) is 41.1 Å². The Hall–Kier alpha value is -1.30. The van der Waals surface area contributed by atoms with Gasteiger partial charge in [-0.05, 0) is 45.0 Å². The van der Waals surface area contributed by atoms with Crippen LogP contribution >= 0.6 is 11.3 Å². The highest BCUT2D eigenvalue weighted by atomic mass is 32.1. The first-order valence-electron chi connectivity index (χ1n) is 7.63. The molecule has 1 atom stereocenters. The fraction of sp³-hybridized carbons (Fsp3) is 0.500. The summed E-state index contributed by atoms with van der Waals surface area (Å²) in [5, 5.41) is 6.65. The van der Waals surface area contributed by atoms with E-state index in [0.717, 1.165) is 29.5 Å². The number of nitrogens with zero attached hydrogens (tertiary/aromatic N) is 3. The van der Waals surface area contributed by atoms with E-state index in [9.17, 15) is 0 Å². The van der Waals surface area contributed by atoms with Crippen LogP contribution in [0.4, 0.5) is 0 Å². The van der Waals surface area contributed by atoms with Gasteiger partial charge < -0.3 is 5.32 Å². The molecular formula is C16H22N4S. The van der Waals surface area contributed by atoms with E-state index in [1.165, 1.54) is 25.9 Å². The Labute approximate surface area is 130 Å². The third-order valence-corrected chi connectivity index (χ3v) is 4.86. The Morgan fingerprint density at radius 1 is 1.33 bits per heavy atom. The molecule has 2 aromatic heterocycles. The van der Waals surface area contributed by atoms with Crippen LogP contribution in [0.5, 0.6) is 0 Å². The number of hydrogen-bond donors (Lipinski definition) is 1. The molecule has 0 aromatic carbocycles. The van der Waals surface area contributed by atoms with Crippen LogP contribution in [0.25, 0.3) is 10.7 Å². The minimum absolute atomic E-state index is 0.612. The van der Waals surface area contributed by atoms with Gasteiger partial charge in [-0.3, -0.25) is 9.88 Å². The second-order valence-corrected chi connectivity index (χ2v) is 6.44. The molecule has 0 bridgehead atoms. The van der Waals surface area contributed by atoms with Crippen molar-refractivity contribution in [1.29, 1.82) is 0 Å². The van der Waals surface area contributed by atoms with Crippen molar-refractivity contribution in [2.24, 2.45) is 0 Å². The lowest BCUT2D eigenvalue weighted by molar-refractivity contribution is 0.251. The summed E-state index contributed by atoms with van der Waals surface area (Å²) >= 11 is 1.66. The summed E-state index contributed by atoms with van der Waals surface area (Å²) in [6.07, 6.45) is 4.51. The van der Waals surface area contributed by atoms with E-state index in [1.807, 2.05) is 24.4 Å². The molecule has 0 saturated carbocycles. The molecular weight excluding hydrogens is 280 g/mol. The van der Waals surface area contributed by atoms with Crippen molar-refractivity contribution in [3.05, 3.63) is 35.5 Å². The smallest absolute Gasteiger partial charge is 0.142 e. The van der Waals surface area contributed by atoms with Gasteiger partial charge in [0.2, 0.25) is 0 Å². The number of aromatic nitrogens is 2. The Morgan fingerprint density at radius 3 is 2.95 bits per heavy atom. The summed E-state index contributed by atoms with van der Waals surface area (Å²) in [7, 11) is 0. The number of pyridine rings is 1. The minimum atomic E-state index is 0.612. The molecule has 1 aliphatic rings. The van der Waals surface area contributed by atoms with E-state index in [1.54, 1.807) is 11.3 Å². The van der Waals surface area contributed by atoms with Crippen molar-refractivity contribution in [1.82, 2.24) is 20.2 Å². The van der Waals surface area contributed by atoms with E-state index in [2.05, 4.69) is 32.5 Å². The predicted molar refractivity (Wildman–Crippen MR) is 87.3 cm³/mol. The first-order chi connectivity index (χ1) is 10.3. The molecule has 4 nitrogen and oxygen atoms in total. The van der Waals surface area contributed by atoms with Gasteiger partial charge in [-0.1, -0.05) is 6.07 Å². The lowest BCUT2D eigenvalue weighted by atomic mass is 10.3. The molecule has 3 rings (SSSR count). The molecule has 0 radical (unpaired) electrons. The molecule has 112 valence electrons. The molecule has 0 amide bonds. The van der Waals surface area contributed by atoms with Gasteiger partial charge in [-0.25, -0.2) is 4.98 Å². The largest absolute Gasteiger partial charge is 0.310 e. The summed E-state index contributed by atoms with van der Waals surface area (Å²) in [5.74, 6) is 0. The molecule has 0 aliphatic carbocycles. The van der Waals surface area contributed by atoms with Gasteiger partial charge in [0.25, 0.3) is 0 Å². The average Bonchev–Trinajstić information content (AvgIpc) is 3.20. The van der Waals surface area contributed by atoms with Crippen LogP contribution < -0.4 is 5.32 Å². The van der Waals surface area contributed by atoms with Crippen molar-refractivity contribution in [2.45, 2.75) is 32.4 Å². The van der Waals surface area contributed by atoms with Gasteiger partial charge >= 0.3 is 0 Å². The molecule has 1 N–H and O–H groups in total. The van der Waals surface area contributed by atoms with Crippen molar-refractivity contribution in [3.8, 4) is 10.7 Å². The van der Waals surface area contributed by atoms with Gasteiger partial charge in [-0.15, -0.1) is 11.3 Å². The van der Waals surface area contributed by atoms with Gasteiger partial charge in [0.1, 0.15) is 5.01 Å². The van der Waals surface area contributed by atoms with Crippen LogP contribution in [0, 0.1) is 0 Å². The number of thiazole rings is 1. The van der Waals surface area contributed by atoms with Gasteiger partial charge in [0.15, 0.2) is 0 Å². The summed E-state index contributed by atoms with van der Waals surface area (Å²) in [4.78, 5) is 11.6. The zero-order valence-electron chi connectivity index (χ0n) is 12.5. The van der Waals surface area contributed by atoms with E-state index in [-0.39, 0.29) is 0 Å². The quantitative estimate of drug-likeness (QED) is 0.891. The highest BCUT2D eigenvalue weighted by Gasteiger charge is 2.17. The average molecular weight is 302 g/mol. The molecule has 1 unspecified atom stereocenters. The molecule has 5 heteroatoms. The first-order valence-corrected chi connectivity index (χ1v) is 8.51. The number of likely N-dealkylation sites (tertiary alicyclic amines) is 1. The fourth-order valence-electron chi connectivity index (χ4n) is 2.72. The van der Waals surface area contributed by atoms with Crippen LogP contribution in [0.15, 0.2) is 29.8 Å². The molecule has 1 saturated heterocycles. The second-order valence-electron chi connectivity index (χ2n) is 5.58. The van der Waals surface area contributed by atoms with Crippen molar-refractivity contribution >= 4 is 11.3 Å². The third kappa shape index (κ3) is 3.87. The Bertz CT molecular complexity index is 548. The van der Waals surface area contributed by atoms with Crippen molar-refractivity contribution in [3.63, 3.8) is 0 Å². The van der Waals surface area contributed by atoms with Crippen molar-refractivity contribution in [2.75, 3.05) is 19.6 Å². The predicted octanol–water partition coefficient (Wildman–Crippen LogP) is 2.78. The maximum absolute atomic E-state index is 4.65. The Morgan fingerprint density at radius 2 is 2.19 bits per heavy atom. The highest BCUT2D eigenvalue weighted by molar-refractivity contribution is 7.13. The summed E-state index contributed by atoms with van der Waals surface area (Å²) in [5.41, 5.74) is 2.06. The van der Waals surface area contributed by atoms with Gasteiger partial charge in [-0.2, -0.15) is 0 Å². The van der Waals surface area contributed by atoms with E-state index < -0.39 is 0 Å². The van der Waals surface area contributed by atoms with Gasteiger partial charge in [0, 0.05) is 30.7 Å². The Balaban J connectivity index is 1.49. The van der Waals surface area contributed by atoms with Crippen LogP contribution in [0.3, 0.4) is 0 Å². The number of nitrogens with one attached hydrogen (secondary N) is 1. The lowest BCUT2D eigenvalue weighted by Gasteiger charge is -2.23. The lowest BCUT2D eigenvalue weighted by Crippen LogP contribution is -2.38. The van der Waals surface area contributed by atoms with Crippen LogP contribution in [-0.2, 0) is 6.54 Å². The highest BCUT2D eigenvalue weighted by Crippen LogP contribution is 2.21. The summed E-state index contributed by atoms with van der Waals surface area (Å²) in [6, 6.07) is 6.55. The van der Waals surface area contributed by atoms with E-state index >= 15 is 0 Å². The second kappa shape index (κ2) is 7.11. The van der Waals surface area contributed by atoms with Crippen molar-refractivity contribution < 1.29 is 0 Å². The standard InChI is InChI=1S/C16H22N4S/c1-13(20-8-4-5-9-20)10-17-11-14-12-21-16(19-14)15-6-2-3-7-18-15/h2-3,6-7,12-13,17H,4-5,8-11H2,1H3. The van der Waals surface area contributed by atoms with Crippen LogP contribution in [0.2, 0.25) is 0 Å². The van der Waals surface area contributed by atoms with E-state index in [0.29, 0.717) is 6.04 Å². The molecule has 3 heterocycles. The zero-order chi connectivity index (χ0) is 14.5. The zero-order valence-corrected chi connectivity index (χ0v) is 13.3. The third-order valence-electron chi connectivity index (χ3n) is 3.95. The van der Waals surface area contributed by atoms with E-state index in [4.69, 9.17) is 0 Å². The molecule has 2 aromatic rings.